The fraction of sp³-hybridized carbons (Fsp3) is 0.833. The van der Waals surface area contributed by atoms with Gasteiger partial charge in [-0.05, 0) is 25.4 Å². The van der Waals surface area contributed by atoms with E-state index in [4.69, 9.17) is 5.73 Å². The van der Waals surface area contributed by atoms with Crippen LogP contribution in [0.15, 0.2) is 0 Å². The van der Waals surface area contributed by atoms with E-state index in [1.54, 1.807) is 11.8 Å². The van der Waals surface area contributed by atoms with E-state index < -0.39 is 0 Å². The lowest BCUT2D eigenvalue weighted by molar-refractivity contribution is -0.118. The Morgan fingerprint density at radius 3 is 2.67 bits per heavy atom. The van der Waals surface area contributed by atoms with Crippen LogP contribution in [0.2, 0.25) is 0 Å². The van der Waals surface area contributed by atoms with Gasteiger partial charge in [-0.1, -0.05) is 0 Å². The van der Waals surface area contributed by atoms with Crippen molar-refractivity contribution in [2.45, 2.75) is 19.4 Å². The van der Waals surface area contributed by atoms with Crippen LogP contribution in [-0.4, -0.2) is 23.8 Å². The van der Waals surface area contributed by atoms with Gasteiger partial charge in [-0.2, -0.15) is 11.8 Å². The van der Waals surface area contributed by atoms with Gasteiger partial charge in [0.05, 0.1) is 6.04 Å². The van der Waals surface area contributed by atoms with Gasteiger partial charge in [0.1, 0.15) is 5.78 Å². The van der Waals surface area contributed by atoms with Crippen LogP contribution in [0.3, 0.4) is 0 Å². The fourth-order valence-corrected chi connectivity index (χ4v) is 0.938. The van der Waals surface area contributed by atoms with Crippen LogP contribution in [0.5, 0.6) is 0 Å². The number of hydrogen-bond acceptors (Lipinski definition) is 3. The first-order chi connectivity index (χ1) is 4.18. The van der Waals surface area contributed by atoms with E-state index in [2.05, 4.69) is 0 Å². The quantitative estimate of drug-likeness (QED) is 0.635. The molecule has 0 aromatic heterocycles. The van der Waals surface area contributed by atoms with Gasteiger partial charge in [0, 0.05) is 0 Å². The molecule has 0 radical (unpaired) electrons. The second-order valence-corrected chi connectivity index (χ2v) is 2.98. The van der Waals surface area contributed by atoms with E-state index in [1.807, 2.05) is 6.26 Å². The molecule has 0 aromatic carbocycles. The van der Waals surface area contributed by atoms with Gasteiger partial charge in [0.15, 0.2) is 0 Å². The molecule has 0 rings (SSSR count). The molecule has 0 saturated carbocycles. The Balaban J connectivity index is 3.27. The minimum atomic E-state index is -0.238. The lowest BCUT2D eigenvalue weighted by Gasteiger charge is -2.03. The summed E-state index contributed by atoms with van der Waals surface area (Å²) >= 11 is 1.72. The Bertz CT molecular complexity index is 95.1. The minimum absolute atomic E-state index is 0.0871. The van der Waals surface area contributed by atoms with Crippen molar-refractivity contribution in [3.63, 3.8) is 0 Å². The van der Waals surface area contributed by atoms with E-state index in [9.17, 15) is 4.79 Å². The van der Waals surface area contributed by atoms with Crippen molar-refractivity contribution in [3.05, 3.63) is 0 Å². The SMILES string of the molecule is CSCC[C@@H](N)C(C)=O. The predicted octanol–water partition coefficient (Wildman–Crippen LogP) is 0.656. The number of thioether (sulfide) groups is 1. The van der Waals surface area contributed by atoms with Crippen molar-refractivity contribution in [1.29, 1.82) is 0 Å². The van der Waals surface area contributed by atoms with Gasteiger partial charge in [-0.15, -0.1) is 0 Å². The van der Waals surface area contributed by atoms with Crippen LogP contribution < -0.4 is 5.73 Å². The fourth-order valence-electron chi connectivity index (χ4n) is 0.448. The summed E-state index contributed by atoms with van der Waals surface area (Å²) in [5, 5.41) is 0. The third-order valence-corrected chi connectivity index (χ3v) is 1.80. The first kappa shape index (κ1) is 8.98. The zero-order chi connectivity index (χ0) is 7.28. The Hall–Kier alpha value is -0.0200. The summed E-state index contributed by atoms with van der Waals surface area (Å²) in [6.07, 6.45) is 2.81. The van der Waals surface area contributed by atoms with Crippen LogP contribution in [0.25, 0.3) is 0 Å². The summed E-state index contributed by atoms with van der Waals surface area (Å²) in [6, 6.07) is -0.238. The molecule has 0 heterocycles. The second-order valence-electron chi connectivity index (χ2n) is 2.00. The molecule has 2 nitrogen and oxygen atoms in total. The summed E-state index contributed by atoms with van der Waals surface area (Å²) in [5.41, 5.74) is 5.44. The molecular formula is C6H13NOS. The lowest BCUT2D eigenvalue weighted by Crippen LogP contribution is -2.28. The first-order valence-corrected chi connectivity index (χ1v) is 4.33. The largest absolute Gasteiger partial charge is 0.321 e. The Morgan fingerprint density at radius 2 is 2.33 bits per heavy atom. The topological polar surface area (TPSA) is 43.1 Å². The van der Waals surface area contributed by atoms with Crippen molar-refractivity contribution in [2.75, 3.05) is 12.0 Å². The number of carbonyl (C=O) groups is 1. The van der Waals surface area contributed by atoms with Gasteiger partial charge in [-0.25, -0.2) is 0 Å². The van der Waals surface area contributed by atoms with Crippen LogP contribution >= 0.6 is 11.8 Å². The maximum atomic E-state index is 10.5. The molecule has 1 atom stereocenters. The standard InChI is InChI=1S/C6H13NOS/c1-5(8)6(7)3-4-9-2/h6H,3-4,7H2,1-2H3/t6-/m1/s1. The summed E-state index contributed by atoms with van der Waals surface area (Å²) in [4.78, 5) is 10.5. The van der Waals surface area contributed by atoms with Crippen molar-refractivity contribution >= 4 is 17.5 Å². The van der Waals surface area contributed by atoms with Crippen LogP contribution in [-0.2, 0) is 4.79 Å². The normalized spacial score (nSPS) is 13.2. The zero-order valence-corrected chi connectivity index (χ0v) is 6.70. The summed E-state index contributed by atoms with van der Waals surface area (Å²) in [7, 11) is 0. The molecule has 0 spiro atoms. The number of carbonyl (C=O) groups excluding carboxylic acids is 1. The third kappa shape index (κ3) is 4.48. The first-order valence-electron chi connectivity index (χ1n) is 2.93. The molecule has 0 fully saturated rings. The predicted molar refractivity (Wildman–Crippen MR) is 41.7 cm³/mol. The van der Waals surface area contributed by atoms with E-state index >= 15 is 0 Å². The molecule has 3 heteroatoms. The smallest absolute Gasteiger partial charge is 0.146 e. The molecule has 9 heavy (non-hydrogen) atoms. The summed E-state index contributed by atoms with van der Waals surface area (Å²) in [5.74, 6) is 1.06. The molecule has 0 unspecified atom stereocenters. The van der Waals surface area contributed by atoms with Gasteiger partial charge in [0.25, 0.3) is 0 Å². The number of rotatable bonds is 4. The molecule has 2 N–H and O–H groups in total. The highest BCUT2D eigenvalue weighted by molar-refractivity contribution is 7.98. The monoisotopic (exact) mass is 147 g/mol. The minimum Gasteiger partial charge on any atom is -0.321 e. The highest BCUT2D eigenvalue weighted by Crippen LogP contribution is 1.98. The molecule has 0 aromatic rings. The van der Waals surface area contributed by atoms with Crippen LogP contribution in [0, 0.1) is 0 Å². The average molecular weight is 147 g/mol. The molecule has 0 bridgehead atoms. The lowest BCUT2D eigenvalue weighted by atomic mass is 10.2. The Kier molecular flexibility index (Phi) is 4.81. The van der Waals surface area contributed by atoms with E-state index in [1.165, 1.54) is 6.92 Å². The number of Topliss-reactive ketones (excluding diaryl/α,β-unsaturated/α-hetero) is 1. The van der Waals surface area contributed by atoms with E-state index in [-0.39, 0.29) is 11.8 Å². The number of hydrogen-bond donors (Lipinski definition) is 1. The van der Waals surface area contributed by atoms with Gasteiger partial charge >= 0.3 is 0 Å². The van der Waals surface area contributed by atoms with Crippen molar-refractivity contribution < 1.29 is 4.79 Å². The Labute approximate surface area is 60.2 Å². The molecular weight excluding hydrogens is 134 g/mol. The highest BCUT2D eigenvalue weighted by atomic mass is 32.2. The third-order valence-electron chi connectivity index (χ3n) is 1.16. The molecule has 0 amide bonds. The highest BCUT2D eigenvalue weighted by Gasteiger charge is 2.05. The van der Waals surface area contributed by atoms with E-state index in [0.29, 0.717) is 0 Å². The van der Waals surface area contributed by atoms with Crippen molar-refractivity contribution in [2.24, 2.45) is 5.73 Å². The molecule has 0 aliphatic carbocycles. The molecule has 54 valence electrons. The second kappa shape index (κ2) is 4.82. The molecule has 0 aliphatic heterocycles. The van der Waals surface area contributed by atoms with Gasteiger partial charge in [-0.3, -0.25) is 4.79 Å². The van der Waals surface area contributed by atoms with Crippen LogP contribution in [0.4, 0.5) is 0 Å². The summed E-state index contributed by atoms with van der Waals surface area (Å²) in [6.45, 7) is 1.53. The van der Waals surface area contributed by atoms with E-state index in [0.717, 1.165) is 12.2 Å². The number of nitrogens with two attached hydrogens (primary N) is 1. The van der Waals surface area contributed by atoms with Crippen LogP contribution in [0.1, 0.15) is 13.3 Å². The summed E-state index contributed by atoms with van der Waals surface area (Å²) < 4.78 is 0. The maximum Gasteiger partial charge on any atom is 0.146 e. The van der Waals surface area contributed by atoms with Gasteiger partial charge in [0.2, 0.25) is 0 Å². The number of ketones is 1. The van der Waals surface area contributed by atoms with Gasteiger partial charge < -0.3 is 5.73 Å². The molecule has 0 aliphatic rings. The average Bonchev–Trinajstić information content (AvgIpc) is 1.82. The van der Waals surface area contributed by atoms with Crippen molar-refractivity contribution in [3.8, 4) is 0 Å². The maximum absolute atomic E-state index is 10.5. The molecule has 0 saturated heterocycles. The zero-order valence-electron chi connectivity index (χ0n) is 5.89. The Morgan fingerprint density at radius 1 is 1.78 bits per heavy atom. The van der Waals surface area contributed by atoms with Crippen molar-refractivity contribution in [1.82, 2.24) is 0 Å².